The molecule has 0 aliphatic carbocycles. The molecule has 4 heterocycles. The van der Waals surface area contributed by atoms with Gasteiger partial charge in [-0.3, -0.25) is 14.6 Å². The first-order chi connectivity index (χ1) is 11.9. The molecule has 0 N–H and O–H groups in total. The molecule has 0 aromatic carbocycles. The van der Waals surface area contributed by atoms with Gasteiger partial charge in [0.15, 0.2) is 0 Å². The standard InChI is InChI=1S/C20H23N3O2/c1-12-4-5-18(13(2)21-12)16-7-19-17-6-15(9-22(11-17)14(3)24)10-23(19)20(25)8-16/h4-5,7-8,15,17H,6,9-11H2,1-3H3/t15-,17+/m0/s1. The van der Waals surface area contributed by atoms with E-state index in [-0.39, 0.29) is 17.4 Å². The zero-order chi connectivity index (χ0) is 17.7. The molecule has 130 valence electrons. The predicted octanol–water partition coefficient (Wildman–Crippen LogP) is 2.49. The Bertz CT molecular complexity index is 916. The molecule has 2 atom stereocenters. The number of nitrogens with zero attached hydrogens (tertiary/aromatic N) is 3. The van der Waals surface area contributed by atoms with E-state index < -0.39 is 0 Å². The van der Waals surface area contributed by atoms with Gasteiger partial charge in [-0.15, -0.1) is 0 Å². The zero-order valence-corrected chi connectivity index (χ0v) is 15.0. The Morgan fingerprint density at radius 3 is 2.68 bits per heavy atom. The van der Waals surface area contributed by atoms with E-state index in [9.17, 15) is 9.59 Å². The lowest BCUT2D eigenvalue weighted by Gasteiger charge is -2.42. The van der Waals surface area contributed by atoms with Crippen LogP contribution >= 0.6 is 0 Å². The van der Waals surface area contributed by atoms with E-state index in [0.717, 1.165) is 41.2 Å². The lowest BCUT2D eigenvalue weighted by Crippen LogP contribution is -2.48. The summed E-state index contributed by atoms with van der Waals surface area (Å²) in [5, 5.41) is 0. The molecule has 2 bridgehead atoms. The minimum atomic E-state index is 0.0541. The van der Waals surface area contributed by atoms with Crippen LogP contribution in [0, 0.1) is 19.8 Å². The van der Waals surface area contributed by atoms with E-state index in [1.165, 1.54) is 0 Å². The van der Waals surface area contributed by atoms with Crippen LogP contribution in [-0.4, -0.2) is 33.4 Å². The van der Waals surface area contributed by atoms with Gasteiger partial charge in [-0.2, -0.15) is 0 Å². The lowest BCUT2D eigenvalue weighted by atomic mass is 9.82. The highest BCUT2D eigenvalue weighted by molar-refractivity contribution is 5.73. The molecule has 5 heteroatoms. The first kappa shape index (κ1) is 16.1. The van der Waals surface area contributed by atoms with Crippen molar-refractivity contribution < 1.29 is 4.79 Å². The number of likely N-dealkylation sites (tertiary alicyclic amines) is 1. The monoisotopic (exact) mass is 337 g/mol. The summed E-state index contributed by atoms with van der Waals surface area (Å²) in [6, 6.07) is 7.88. The molecular weight excluding hydrogens is 314 g/mol. The first-order valence-corrected chi connectivity index (χ1v) is 8.87. The molecule has 0 saturated carbocycles. The largest absolute Gasteiger partial charge is 0.342 e. The van der Waals surface area contributed by atoms with E-state index in [4.69, 9.17) is 0 Å². The zero-order valence-electron chi connectivity index (χ0n) is 15.0. The maximum Gasteiger partial charge on any atom is 0.251 e. The number of amides is 1. The summed E-state index contributed by atoms with van der Waals surface area (Å²) in [5.74, 6) is 0.740. The second-order valence-electron chi connectivity index (χ2n) is 7.43. The topological polar surface area (TPSA) is 55.2 Å². The summed E-state index contributed by atoms with van der Waals surface area (Å²) in [6.45, 7) is 7.76. The van der Waals surface area contributed by atoms with Crippen LogP contribution in [0.15, 0.2) is 29.1 Å². The van der Waals surface area contributed by atoms with Gasteiger partial charge in [0.05, 0.1) is 0 Å². The highest BCUT2D eigenvalue weighted by atomic mass is 16.2. The van der Waals surface area contributed by atoms with Crippen molar-refractivity contribution in [3.8, 4) is 11.1 Å². The Balaban J connectivity index is 1.80. The van der Waals surface area contributed by atoms with Crippen molar-refractivity contribution in [1.82, 2.24) is 14.5 Å². The van der Waals surface area contributed by atoms with Gasteiger partial charge in [0.1, 0.15) is 0 Å². The van der Waals surface area contributed by atoms with Crippen molar-refractivity contribution in [1.29, 1.82) is 0 Å². The average Bonchev–Trinajstić information content (AvgIpc) is 2.55. The third-order valence-electron chi connectivity index (χ3n) is 5.54. The average molecular weight is 337 g/mol. The van der Waals surface area contributed by atoms with Crippen LogP contribution in [0.5, 0.6) is 0 Å². The van der Waals surface area contributed by atoms with Crippen molar-refractivity contribution in [2.24, 2.45) is 5.92 Å². The van der Waals surface area contributed by atoms with E-state index in [1.54, 1.807) is 13.0 Å². The molecule has 0 radical (unpaired) electrons. The molecule has 2 aliphatic rings. The highest BCUT2D eigenvalue weighted by Gasteiger charge is 2.35. The second-order valence-corrected chi connectivity index (χ2v) is 7.43. The minimum Gasteiger partial charge on any atom is -0.342 e. The summed E-state index contributed by atoms with van der Waals surface area (Å²) in [4.78, 5) is 31.0. The van der Waals surface area contributed by atoms with Crippen molar-refractivity contribution >= 4 is 5.91 Å². The molecule has 5 nitrogen and oxygen atoms in total. The van der Waals surface area contributed by atoms with Gasteiger partial charge in [0, 0.05) is 61.2 Å². The van der Waals surface area contributed by atoms with Crippen LogP contribution in [0.4, 0.5) is 0 Å². The molecule has 2 aliphatic heterocycles. The molecule has 2 aromatic rings. The smallest absolute Gasteiger partial charge is 0.251 e. The van der Waals surface area contributed by atoms with Gasteiger partial charge >= 0.3 is 0 Å². The molecule has 1 fully saturated rings. The molecule has 4 rings (SSSR count). The van der Waals surface area contributed by atoms with Crippen LogP contribution in [0.1, 0.15) is 36.3 Å². The number of hydrogen-bond acceptors (Lipinski definition) is 3. The number of fused-ring (bicyclic) bond motifs is 4. The van der Waals surface area contributed by atoms with E-state index in [0.29, 0.717) is 19.0 Å². The van der Waals surface area contributed by atoms with Crippen LogP contribution in [-0.2, 0) is 11.3 Å². The van der Waals surface area contributed by atoms with Gasteiger partial charge in [-0.25, -0.2) is 0 Å². The van der Waals surface area contributed by atoms with Crippen molar-refractivity contribution in [3.05, 3.63) is 51.7 Å². The minimum absolute atomic E-state index is 0.0541. The number of pyridine rings is 2. The molecule has 0 unspecified atom stereocenters. The van der Waals surface area contributed by atoms with Crippen LogP contribution in [0.3, 0.4) is 0 Å². The predicted molar refractivity (Wildman–Crippen MR) is 96.5 cm³/mol. The Morgan fingerprint density at radius 2 is 1.96 bits per heavy atom. The summed E-state index contributed by atoms with van der Waals surface area (Å²) in [6.07, 6.45) is 1.05. The molecule has 25 heavy (non-hydrogen) atoms. The van der Waals surface area contributed by atoms with Gasteiger partial charge in [-0.1, -0.05) is 6.07 Å². The molecule has 2 aromatic heterocycles. The Kier molecular flexibility index (Phi) is 3.74. The maximum absolute atomic E-state index is 12.7. The fourth-order valence-corrected chi connectivity index (χ4v) is 4.36. The second kappa shape index (κ2) is 5.83. The van der Waals surface area contributed by atoms with Crippen molar-refractivity contribution in [2.45, 2.75) is 39.7 Å². The Labute approximate surface area is 147 Å². The highest BCUT2D eigenvalue weighted by Crippen LogP contribution is 2.36. The lowest BCUT2D eigenvalue weighted by molar-refractivity contribution is -0.131. The number of carbonyl (C=O) groups excluding carboxylic acids is 1. The summed E-state index contributed by atoms with van der Waals surface area (Å²) in [5.41, 5.74) is 4.96. The third-order valence-corrected chi connectivity index (χ3v) is 5.54. The quantitative estimate of drug-likeness (QED) is 0.803. The normalized spacial score (nSPS) is 21.8. The van der Waals surface area contributed by atoms with Crippen molar-refractivity contribution in [2.75, 3.05) is 13.1 Å². The molecule has 1 saturated heterocycles. The summed E-state index contributed by atoms with van der Waals surface area (Å²) >= 11 is 0. The fraction of sp³-hybridized carbons (Fsp3) is 0.450. The van der Waals surface area contributed by atoms with E-state index in [2.05, 4.69) is 11.1 Å². The number of rotatable bonds is 1. The van der Waals surface area contributed by atoms with Gasteiger partial charge in [0.2, 0.25) is 5.91 Å². The summed E-state index contributed by atoms with van der Waals surface area (Å²) in [7, 11) is 0. The number of hydrogen-bond donors (Lipinski definition) is 0. The number of aryl methyl sites for hydroxylation is 2. The van der Waals surface area contributed by atoms with Crippen molar-refractivity contribution in [3.63, 3.8) is 0 Å². The van der Waals surface area contributed by atoms with Gasteiger partial charge < -0.3 is 9.47 Å². The number of piperidine rings is 1. The fourth-order valence-electron chi connectivity index (χ4n) is 4.36. The maximum atomic E-state index is 12.7. The number of aromatic nitrogens is 2. The van der Waals surface area contributed by atoms with E-state index in [1.807, 2.05) is 35.4 Å². The van der Waals surface area contributed by atoms with Crippen LogP contribution in [0.25, 0.3) is 11.1 Å². The Morgan fingerprint density at radius 1 is 1.16 bits per heavy atom. The van der Waals surface area contributed by atoms with Crippen LogP contribution in [0.2, 0.25) is 0 Å². The van der Waals surface area contributed by atoms with Crippen LogP contribution < -0.4 is 5.56 Å². The molecule has 0 spiro atoms. The molecular formula is C20H23N3O2. The first-order valence-electron chi connectivity index (χ1n) is 8.87. The summed E-state index contributed by atoms with van der Waals surface area (Å²) < 4.78 is 1.91. The third kappa shape index (κ3) is 2.77. The van der Waals surface area contributed by atoms with E-state index >= 15 is 0 Å². The number of carbonyl (C=O) groups is 1. The van der Waals surface area contributed by atoms with Gasteiger partial charge in [0.25, 0.3) is 5.56 Å². The Hall–Kier alpha value is -2.43. The SMILES string of the molecule is CC(=O)N1C[C@@H]2C[C@H](C1)c1cc(-c3ccc(C)nc3C)cc(=O)n1C2. The van der Waals surface area contributed by atoms with Gasteiger partial charge in [-0.05, 0) is 43.9 Å². The molecule has 1 amide bonds.